The fourth-order valence-corrected chi connectivity index (χ4v) is 4.33. The third-order valence-corrected chi connectivity index (χ3v) is 6.00. The van der Waals surface area contributed by atoms with Crippen molar-refractivity contribution in [3.8, 4) is 0 Å². The second-order valence-corrected chi connectivity index (χ2v) is 7.82. The Balaban J connectivity index is 2.11. The zero-order valence-electron chi connectivity index (χ0n) is 12.2. The van der Waals surface area contributed by atoms with Gasteiger partial charge in [0, 0.05) is 30.4 Å². The largest absolute Gasteiger partial charge is 0.312 e. The summed E-state index contributed by atoms with van der Waals surface area (Å²) in [6.07, 6.45) is 0. The van der Waals surface area contributed by atoms with Crippen molar-refractivity contribution in [3.63, 3.8) is 0 Å². The average Bonchev–Trinajstić information content (AvgIpc) is 2.95. The van der Waals surface area contributed by atoms with Gasteiger partial charge in [-0.1, -0.05) is 37.3 Å². The maximum absolute atomic E-state index is 12.5. The summed E-state index contributed by atoms with van der Waals surface area (Å²) in [5, 5.41) is 4.91. The number of sulfonamides is 1. The Morgan fingerprint density at radius 2 is 1.95 bits per heavy atom. The van der Waals surface area contributed by atoms with Crippen molar-refractivity contribution >= 4 is 21.4 Å². The molecule has 0 aliphatic carbocycles. The molecule has 0 atom stereocenters. The molecule has 2 aromatic rings. The second-order valence-electron chi connectivity index (χ2n) is 4.78. The van der Waals surface area contributed by atoms with Gasteiger partial charge in [-0.05, 0) is 18.2 Å². The van der Waals surface area contributed by atoms with Gasteiger partial charge in [0.25, 0.3) is 0 Å². The summed E-state index contributed by atoms with van der Waals surface area (Å²) in [6, 6.07) is 11.4. The van der Waals surface area contributed by atoms with Crippen LogP contribution in [0.3, 0.4) is 0 Å². The Morgan fingerprint density at radius 3 is 2.62 bits per heavy atom. The van der Waals surface area contributed by atoms with E-state index in [0.717, 1.165) is 17.0 Å². The molecule has 114 valence electrons. The molecule has 0 saturated carbocycles. The quantitative estimate of drug-likeness (QED) is 0.852. The molecule has 1 aromatic carbocycles. The first-order valence-electron chi connectivity index (χ1n) is 6.82. The van der Waals surface area contributed by atoms with E-state index in [1.807, 2.05) is 37.3 Å². The SMILES string of the molecule is CCNCc1cc(S(=O)(=O)N(C)Cc2ccccc2)cs1. The first-order valence-corrected chi connectivity index (χ1v) is 9.14. The Labute approximate surface area is 130 Å². The van der Waals surface area contributed by atoms with Gasteiger partial charge in [-0.25, -0.2) is 8.42 Å². The molecule has 0 unspecified atom stereocenters. The number of thiophene rings is 1. The van der Waals surface area contributed by atoms with E-state index < -0.39 is 10.0 Å². The van der Waals surface area contributed by atoms with Crippen LogP contribution in [0.1, 0.15) is 17.4 Å². The lowest BCUT2D eigenvalue weighted by Crippen LogP contribution is -2.26. The minimum absolute atomic E-state index is 0.374. The smallest absolute Gasteiger partial charge is 0.243 e. The third-order valence-electron chi connectivity index (χ3n) is 3.14. The van der Waals surface area contributed by atoms with Gasteiger partial charge in [0.05, 0.1) is 4.90 Å². The van der Waals surface area contributed by atoms with Crippen LogP contribution in [0.25, 0.3) is 0 Å². The molecule has 1 aromatic heterocycles. The monoisotopic (exact) mass is 324 g/mol. The number of rotatable bonds is 7. The van der Waals surface area contributed by atoms with Gasteiger partial charge in [-0.2, -0.15) is 4.31 Å². The van der Waals surface area contributed by atoms with E-state index in [1.54, 1.807) is 18.5 Å². The zero-order valence-corrected chi connectivity index (χ0v) is 13.9. The molecular formula is C15H20N2O2S2. The van der Waals surface area contributed by atoms with Crippen molar-refractivity contribution in [1.29, 1.82) is 0 Å². The molecule has 0 amide bonds. The highest BCUT2D eigenvalue weighted by atomic mass is 32.2. The van der Waals surface area contributed by atoms with E-state index in [4.69, 9.17) is 0 Å². The van der Waals surface area contributed by atoms with Crippen molar-refractivity contribution in [2.45, 2.75) is 24.9 Å². The van der Waals surface area contributed by atoms with Crippen LogP contribution in [-0.4, -0.2) is 26.3 Å². The lowest BCUT2D eigenvalue weighted by molar-refractivity contribution is 0.467. The van der Waals surface area contributed by atoms with Gasteiger partial charge in [0.1, 0.15) is 0 Å². The average molecular weight is 324 g/mol. The van der Waals surface area contributed by atoms with Gasteiger partial charge in [-0.15, -0.1) is 11.3 Å². The van der Waals surface area contributed by atoms with Crippen LogP contribution in [0.5, 0.6) is 0 Å². The molecule has 0 spiro atoms. The molecule has 0 saturated heterocycles. The number of nitrogens with one attached hydrogen (secondary N) is 1. The van der Waals surface area contributed by atoms with E-state index in [9.17, 15) is 8.42 Å². The van der Waals surface area contributed by atoms with Gasteiger partial charge in [-0.3, -0.25) is 0 Å². The highest BCUT2D eigenvalue weighted by Gasteiger charge is 2.22. The van der Waals surface area contributed by atoms with Crippen LogP contribution in [0.15, 0.2) is 46.7 Å². The van der Waals surface area contributed by atoms with Crippen LogP contribution in [0.4, 0.5) is 0 Å². The second kappa shape index (κ2) is 7.17. The number of hydrogen-bond donors (Lipinski definition) is 1. The van der Waals surface area contributed by atoms with Crippen molar-refractivity contribution in [3.05, 3.63) is 52.2 Å². The van der Waals surface area contributed by atoms with E-state index in [1.165, 1.54) is 15.6 Å². The molecule has 0 aliphatic heterocycles. The molecule has 1 N–H and O–H groups in total. The fraction of sp³-hybridized carbons (Fsp3) is 0.333. The summed E-state index contributed by atoms with van der Waals surface area (Å²) in [6.45, 7) is 3.98. The standard InChI is InChI=1S/C15H20N2O2S2/c1-3-16-10-14-9-15(12-20-14)21(18,19)17(2)11-13-7-5-4-6-8-13/h4-9,12,16H,3,10-11H2,1-2H3. The topological polar surface area (TPSA) is 49.4 Å². The molecule has 0 radical (unpaired) electrons. The molecule has 6 heteroatoms. The van der Waals surface area contributed by atoms with Crippen LogP contribution in [0, 0.1) is 0 Å². The van der Waals surface area contributed by atoms with Gasteiger partial charge >= 0.3 is 0 Å². The molecule has 21 heavy (non-hydrogen) atoms. The first-order chi connectivity index (χ1) is 10.0. The number of nitrogens with zero attached hydrogens (tertiary/aromatic N) is 1. The number of hydrogen-bond acceptors (Lipinski definition) is 4. The van der Waals surface area contributed by atoms with Crippen LogP contribution < -0.4 is 5.32 Å². The summed E-state index contributed by atoms with van der Waals surface area (Å²) in [5.74, 6) is 0. The van der Waals surface area contributed by atoms with Crippen molar-refractivity contribution < 1.29 is 8.42 Å². The van der Waals surface area contributed by atoms with Gasteiger partial charge in [0.15, 0.2) is 0 Å². The first kappa shape index (κ1) is 16.2. The van der Waals surface area contributed by atoms with Crippen molar-refractivity contribution in [1.82, 2.24) is 9.62 Å². The van der Waals surface area contributed by atoms with E-state index in [-0.39, 0.29) is 0 Å². The molecule has 2 rings (SSSR count). The highest BCUT2D eigenvalue weighted by Crippen LogP contribution is 2.23. The fourth-order valence-electron chi connectivity index (χ4n) is 1.94. The van der Waals surface area contributed by atoms with Crippen LogP contribution in [-0.2, 0) is 23.1 Å². The Bertz CT molecular complexity index is 666. The summed E-state index contributed by atoms with van der Waals surface area (Å²) in [4.78, 5) is 1.40. The Hall–Kier alpha value is -1.21. The molecule has 0 fully saturated rings. The molecule has 0 aliphatic rings. The molecule has 4 nitrogen and oxygen atoms in total. The molecule has 0 bridgehead atoms. The van der Waals surface area contributed by atoms with E-state index in [2.05, 4.69) is 5.32 Å². The zero-order chi connectivity index (χ0) is 15.3. The normalized spacial score (nSPS) is 12.0. The predicted molar refractivity (Wildman–Crippen MR) is 86.8 cm³/mol. The summed E-state index contributed by atoms with van der Waals surface area (Å²) >= 11 is 1.47. The summed E-state index contributed by atoms with van der Waals surface area (Å²) in [7, 11) is -1.81. The van der Waals surface area contributed by atoms with E-state index >= 15 is 0 Å². The van der Waals surface area contributed by atoms with Gasteiger partial charge in [0.2, 0.25) is 10.0 Å². The minimum Gasteiger partial charge on any atom is -0.312 e. The maximum Gasteiger partial charge on any atom is 0.243 e. The summed E-state index contributed by atoms with van der Waals surface area (Å²) in [5.41, 5.74) is 0.978. The molecule has 1 heterocycles. The van der Waals surface area contributed by atoms with Crippen LogP contribution >= 0.6 is 11.3 Å². The van der Waals surface area contributed by atoms with Gasteiger partial charge < -0.3 is 5.32 Å². The van der Waals surface area contributed by atoms with Crippen LogP contribution in [0.2, 0.25) is 0 Å². The van der Waals surface area contributed by atoms with Crippen molar-refractivity contribution in [2.75, 3.05) is 13.6 Å². The lowest BCUT2D eigenvalue weighted by Gasteiger charge is -2.16. The Kier molecular flexibility index (Phi) is 5.52. The predicted octanol–water partition coefficient (Wildman–Crippen LogP) is 2.68. The van der Waals surface area contributed by atoms with Crippen molar-refractivity contribution in [2.24, 2.45) is 0 Å². The lowest BCUT2D eigenvalue weighted by atomic mass is 10.2. The minimum atomic E-state index is -3.43. The Morgan fingerprint density at radius 1 is 1.24 bits per heavy atom. The number of benzene rings is 1. The van der Waals surface area contributed by atoms with E-state index in [0.29, 0.717) is 18.0 Å². The molecular weight excluding hydrogens is 304 g/mol. The highest BCUT2D eigenvalue weighted by molar-refractivity contribution is 7.89. The third kappa shape index (κ3) is 4.14. The summed E-state index contributed by atoms with van der Waals surface area (Å²) < 4.78 is 26.5. The maximum atomic E-state index is 12.5.